The summed E-state index contributed by atoms with van der Waals surface area (Å²) in [6.45, 7) is 8.72. The van der Waals surface area contributed by atoms with Crippen molar-refractivity contribution in [2.45, 2.75) is 64.9 Å². The van der Waals surface area contributed by atoms with Gasteiger partial charge in [-0.05, 0) is 57.7 Å². The summed E-state index contributed by atoms with van der Waals surface area (Å²) in [7, 11) is 0. The van der Waals surface area contributed by atoms with Crippen LogP contribution in [0.4, 0.5) is 0 Å². The summed E-state index contributed by atoms with van der Waals surface area (Å²) in [5.41, 5.74) is 3.42. The second-order valence-electron chi connectivity index (χ2n) is 7.17. The first kappa shape index (κ1) is 14.5. The molecule has 0 radical (unpaired) electrons. The number of hydrogen-bond acceptors (Lipinski definition) is 2. The third-order valence-electron chi connectivity index (χ3n) is 5.07. The van der Waals surface area contributed by atoms with E-state index >= 15 is 0 Å². The van der Waals surface area contributed by atoms with Gasteiger partial charge in [0, 0.05) is 17.4 Å². The number of aryl methyl sites for hydroxylation is 1. The van der Waals surface area contributed by atoms with Gasteiger partial charge in [0.05, 0.1) is 0 Å². The lowest BCUT2D eigenvalue weighted by Crippen LogP contribution is -2.45. The summed E-state index contributed by atoms with van der Waals surface area (Å²) in [6, 6.07) is 4.06. The number of ether oxygens (including phenoxy) is 1. The molecule has 0 bridgehead atoms. The van der Waals surface area contributed by atoms with E-state index in [2.05, 4.69) is 39.8 Å². The largest absolute Gasteiger partial charge is 0.507 e. The highest BCUT2D eigenvalue weighted by molar-refractivity contribution is 5.53. The Bertz CT molecular complexity index is 583. The molecule has 21 heavy (non-hydrogen) atoms. The van der Waals surface area contributed by atoms with Crippen molar-refractivity contribution in [3.63, 3.8) is 0 Å². The smallest absolute Gasteiger partial charge is 0.127 e. The number of aromatic hydroxyl groups is 1. The molecule has 0 aromatic heterocycles. The molecule has 1 aliphatic carbocycles. The molecule has 0 saturated carbocycles. The van der Waals surface area contributed by atoms with Crippen molar-refractivity contribution in [3.05, 3.63) is 34.9 Å². The third-order valence-corrected chi connectivity index (χ3v) is 5.07. The summed E-state index contributed by atoms with van der Waals surface area (Å²) >= 11 is 0. The zero-order valence-corrected chi connectivity index (χ0v) is 13.6. The molecule has 1 N–H and O–H groups in total. The lowest BCUT2D eigenvalue weighted by atomic mass is 9.71. The molecular weight excluding hydrogens is 262 g/mol. The normalized spacial score (nSPS) is 26.4. The quantitative estimate of drug-likeness (QED) is 0.616. The van der Waals surface area contributed by atoms with Crippen LogP contribution in [0, 0.1) is 5.92 Å². The van der Waals surface area contributed by atoms with Crippen LogP contribution >= 0.6 is 0 Å². The predicted octanol–water partition coefficient (Wildman–Crippen LogP) is 4.96. The Morgan fingerprint density at radius 3 is 2.81 bits per heavy atom. The fourth-order valence-corrected chi connectivity index (χ4v) is 4.01. The van der Waals surface area contributed by atoms with Crippen LogP contribution < -0.4 is 4.74 Å². The van der Waals surface area contributed by atoms with E-state index in [-0.39, 0.29) is 11.5 Å². The zero-order valence-electron chi connectivity index (χ0n) is 13.6. The van der Waals surface area contributed by atoms with Crippen molar-refractivity contribution in [1.82, 2.24) is 0 Å². The second kappa shape index (κ2) is 5.08. The lowest BCUT2D eigenvalue weighted by Gasteiger charge is -2.46. The van der Waals surface area contributed by atoms with Crippen LogP contribution in [0.5, 0.6) is 11.5 Å². The minimum absolute atomic E-state index is 0.174. The first-order chi connectivity index (χ1) is 9.92. The van der Waals surface area contributed by atoms with Gasteiger partial charge in [-0.2, -0.15) is 0 Å². The first-order valence-electron chi connectivity index (χ1n) is 8.14. The molecule has 2 aliphatic rings. The lowest BCUT2D eigenvalue weighted by molar-refractivity contribution is 0.0107. The fourth-order valence-electron chi connectivity index (χ4n) is 4.01. The van der Waals surface area contributed by atoms with E-state index in [9.17, 15) is 5.11 Å². The molecule has 0 fully saturated rings. The molecule has 2 heteroatoms. The van der Waals surface area contributed by atoms with Crippen LogP contribution in [0.2, 0.25) is 0 Å². The van der Waals surface area contributed by atoms with Gasteiger partial charge in [0.2, 0.25) is 0 Å². The van der Waals surface area contributed by atoms with Gasteiger partial charge >= 0.3 is 0 Å². The van der Waals surface area contributed by atoms with Crippen molar-refractivity contribution in [3.8, 4) is 11.5 Å². The maximum Gasteiger partial charge on any atom is 0.127 e. The summed E-state index contributed by atoms with van der Waals surface area (Å²) in [6.07, 6.45) is 6.67. The van der Waals surface area contributed by atoms with E-state index in [1.54, 1.807) is 0 Å². The van der Waals surface area contributed by atoms with Crippen molar-refractivity contribution in [1.29, 1.82) is 0 Å². The van der Waals surface area contributed by atoms with E-state index < -0.39 is 0 Å². The van der Waals surface area contributed by atoms with E-state index in [0.29, 0.717) is 11.7 Å². The molecule has 3 rings (SSSR count). The van der Waals surface area contributed by atoms with Crippen LogP contribution in [0.25, 0.3) is 0 Å². The Morgan fingerprint density at radius 2 is 2.10 bits per heavy atom. The summed E-state index contributed by atoms with van der Waals surface area (Å²) in [5.74, 6) is 2.02. The van der Waals surface area contributed by atoms with Gasteiger partial charge in [0.25, 0.3) is 0 Å². The number of benzene rings is 1. The molecule has 0 amide bonds. The second-order valence-corrected chi connectivity index (χ2v) is 7.17. The standard InChI is InChI=1S/C19H26O2/c1-5-6-13-10-16(20)18-14-9-12(2)7-8-15(14)19(3,4)21-17(18)11-13/h9-11,14-15,20H,5-8H2,1-4H3/i3+1,4+1. The molecule has 1 aromatic rings. The van der Waals surface area contributed by atoms with Crippen LogP contribution in [-0.2, 0) is 6.42 Å². The highest BCUT2D eigenvalue weighted by atomic mass is 16.5. The summed E-state index contributed by atoms with van der Waals surface area (Å²) < 4.78 is 6.30. The maximum absolute atomic E-state index is 10.5. The molecule has 2 atom stereocenters. The average molecular weight is 288 g/mol. The topological polar surface area (TPSA) is 29.5 Å². The monoisotopic (exact) mass is 288 g/mol. The Morgan fingerprint density at radius 1 is 1.33 bits per heavy atom. The van der Waals surface area contributed by atoms with Gasteiger partial charge in [-0.1, -0.05) is 25.0 Å². The molecule has 1 heterocycles. The molecule has 0 saturated heterocycles. The van der Waals surface area contributed by atoms with Gasteiger partial charge in [-0.3, -0.25) is 0 Å². The van der Waals surface area contributed by atoms with Crippen molar-refractivity contribution < 1.29 is 9.84 Å². The summed E-state index contributed by atoms with van der Waals surface area (Å²) in [5, 5.41) is 10.5. The molecule has 2 unspecified atom stereocenters. The molecule has 1 aliphatic heterocycles. The summed E-state index contributed by atoms with van der Waals surface area (Å²) in [4.78, 5) is 0. The van der Waals surface area contributed by atoms with Crippen molar-refractivity contribution in [2.24, 2.45) is 5.92 Å². The number of rotatable bonds is 2. The molecule has 0 spiro atoms. The van der Waals surface area contributed by atoms with Crippen LogP contribution in [0.1, 0.15) is 64.0 Å². The highest BCUT2D eigenvalue weighted by Gasteiger charge is 2.45. The Kier molecular flexibility index (Phi) is 3.51. The van der Waals surface area contributed by atoms with E-state index in [1.807, 2.05) is 6.07 Å². The molecule has 2 nitrogen and oxygen atoms in total. The Hall–Kier alpha value is -1.44. The van der Waals surface area contributed by atoms with Gasteiger partial charge in [0.1, 0.15) is 17.1 Å². The van der Waals surface area contributed by atoms with E-state index in [4.69, 9.17) is 4.74 Å². The van der Waals surface area contributed by atoms with Crippen LogP contribution in [0.3, 0.4) is 0 Å². The van der Waals surface area contributed by atoms with Crippen LogP contribution in [-0.4, -0.2) is 10.7 Å². The van der Waals surface area contributed by atoms with Crippen molar-refractivity contribution in [2.75, 3.05) is 0 Å². The number of fused-ring (bicyclic) bond motifs is 3. The van der Waals surface area contributed by atoms with Gasteiger partial charge < -0.3 is 9.84 Å². The van der Waals surface area contributed by atoms with Gasteiger partial charge in [-0.25, -0.2) is 0 Å². The molecular formula is C19H26O2. The Balaban J connectivity index is 2.13. The maximum atomic E-state index is 10.5. The van der Waals surface area contributed by atoms with Crippen LogP contribution in [0.15, 0.2) is 23.8 Å². The predicted molar refractivity (Wildman–Crippen MR) is 86.0 cm³/mol. The van der Waals surface area contributed by atoms with Gasteiger partial charge in [0.15, 0.2) is 0 Å². The number of allylic oxidation sites excluding steroid dienone is 2. The average Bonchev–Trinajstić information content (AvgIpc) is 2.37. The number of phenolic OH excluding ortho intramolecular Hbond substituents is 1. The van der Waals surface area contributed by atoms with Gasteiger partial charge in [-0.15, -0.1) is 0 Å². The zero-order chi connectivity index (χ0) is 15.2. The fraction of sp³-hybridized carbons (Fsp3) is 0.579. The third kappa shape index (κ3) is 2.45. The SMILES string of the molecule is CCCc1cc(O)c2c(c1)OC([13CH3])([13CH3])C1CCC(C)=CC21. The van der Waals surface area contributed by atoms with E-state index in [0.717, 1.165) is 37.0 Å². The minimum atomic E-state index is -0.174. The number of hydrogen-bond donors (Lipinski definition) is 1. The Labute approximate surface area is 127 Å². The molecule has 114 valence electrons. The molecule has 1 aromatic carbocycles. The highest BCUT2D eigenvalue weighted by Crippen LogP contribution is 2.53. The van der Waals surface area contributed by atoms with Crippen molar-refractivity contribution >= 4 is 0 Å². The minimum Gasteiger partial charge on any atom is -0.507 e. The first-order valence-corrected chi connectivity index (χ1v) is 8.14. The van der Waals surface area contributed by atoms with E-state index in [1.165, 1.54) is 11.1 Å². The number of phenols is 1.